The number of pyridine rings is 1. The molecule has 0 aliphatic rings. The fourth-order valence-corrected chi connectivity index (χ4v) is 3.36. The zero-order valence-corrected chi connectivity index (χ0v) is 18.5. The van der Waals surface area contributed by atoms with Gasteiger partial charge in [-0.25, -0.2) is 13.8 Å². The molecule has 1 aromatic heterocycles. The Morgan fingerprint density at radius 2 is 1.82 bits per heavy atom. The fraction of sp³-hybridized carbons (Fsp3) is 0.280. The molecule has 4 N–H and O–H groups in total. The molecule has 3 aromatic rings. The average molecular weight is 453 g/mol. The van der Waals surface area contributed by atoms with Gasteiger partial charge in [-0.3, -0.25) is 4.79 Å². The number of anilines is 1. The van der Waals surface area contributed by atoms with Crippen molar-refractivity contribution < 1.29 is 18.7 Å². The average Bonchev–Trinajstić information content (AvgIpc) is 2.82. The second kappa shape index (κ2) is 10.9. The molecule has 0 saturated heterocycles. The minimum atomic E-state index is -0.992. The standard InChI is InChI=1S/C25H26F2N4O2/c1-3-31(4-2)15-19(32)14-30-25(33)17-8-5-16(6-9-17)7-10-20-21-12-23(27)22(26)11-18(21)13-29-24(20)28/h5-6,8-9,11-13,19,32H,3-4,14-15H2,1-2H3,(H2,28,29)(H,30,33). The van der Waals surface area contributed by atoms with Crippen LogP contribution in [0.5, 0.6) is 0 Å². The van der Waals surface area contributed by atoms with E-state index in [9.17, 15) is 18.7 Å². The molecule has 0 fully saturated rings. The van der Waals surface area contributed by atoms with E-state index in [1.165, 1.54) is 6.20 Å². The molecule has 1 atom stereocenters. The van der Waals surface area contributed by atoms with E-state index >= 15 is 0 Å². The predicted octanol–water partition coefficient (Wildman–Crippen LogP) is 2.93. The number of nitrogens with one attached hydrogen (secondary N) is 1. The first-order chi connectivity index (χ1) is 15.8. The van der Waals surface area contributed by atoms with Crippen molar-refractivity contribution in [1.82, 2.24) is 15.2 Å². The van der Waals surface area contributed by atoms with Crippen LogP contribution in [0.25, 0.3) is 10.8 Å². The van der Waals surface area contributed by atoms with E-state index in [1.807, 2.05) is 13.8 Å². The molecule has 0 saturated carbocycles. The second-order valence-corrected chi connectivity index (χ2v) is 7.55. The number of nitrogen functional groups attached to an aromatic ring is 1. The molecule has 3 rings (SSSR count). The summed E-state index contributed by atoms with van der Waals surface area (Å²) in [6.45, 7) is 6.34. The third-order valence-corrected chi connectivity index (χ3v) is 5.30. The summed E-state index contributed by atoms with van der Waals surface area (Å²) in [5.41, 5.74) is 7.24. The van der Waals surface area contributed by atoms with Crippen LogP contribution in [0.2, 0.25) is 0 Å². The number of fused-ring (bicyclic) bond motifs is 1. The van der Waals surface area contributed by atoms with Crippen molar-refractivity contribution in [1.29, 1.82) is 0 Å². The Bertz CT molecular complexity index is 1200. The van der Waals surface area contributed by atoms with Gasteiger partial charge in [0.1, 0.15) is 5.82 Å². The number of aromatic nitrogens is 1. The van der Waals surface area contributed by atoms with Crippen molar-refractivity contribution in [2.45, 2.75) is 20.0 Å². The summed E-state index contributed by atoms with van der Waals surface area (Å²) in [4.78, 5) is 18.4. The highest BCUT2D eigenvalue weighted by atomic mass is 19.2. The molecule has 0 aliphatic carbocycles. The number of carbonyl (C=O) groups excluding carboxylic acids is 1. The number of aliphatic hydroxyl groups excluding tert-OH is 1. The number of hydrogen-bond acceptors (Lipinski definition) is 5. The number of amides is 1. The lowest BCUT2D eigenvalue weighted by Gasteiger charge is -2.22. The lowest BCUT2D eigenvalue weighted by molar-refractivity contribution is 0.0869. The molecule has 1 heterocycles. The van der Waals surface area contributed by atoms with Crippen LogP contribution in [0.4, 0.5) is 14.6 Å². The minimum absolute atomic E-state index is 0.111. The van der Waals surface area contributed by atoms with Crippen LogP contribution in [0, 0.1) is 23.5 Å². The largest absolute Gasteiger partial charge is 0.390 e. The van der Waals surface area contributed by atoms with Crippen molar-refractivity contribution in [2.24, 2.45) is 0 Å². The second-order valence-electron chi connectivity index (χ2n) is 7.55. The molecule has 172 valence electrons. The highest BCUT2D eigenvalue weighted by Gasteiger charge is 2.12. The van der Waals surface area contributed by atoms with Gasteiger partial charge in [-0.2, -0.15) is 0 Å². The Labute approximate surface area is 191 Å². The van der Waals surface area contributed by atoms with Crippen LogP contribution in [-0.2, 0) is 0 Å². The van der Waals surface area contributed by atoms with Gasteiger partial charge in [0.05, 0.1) is 11.7 Å². The number of aliphatic hydroxyl groups is 1. The molecule has 1 amide bonds. The highest BCUT2D eigenvalue weighted by Crippen LogP contribution is 2.24. The predicted molar refractivity (Wildman–Crippen MR) is 125 cm³/mol. The summed E-state index contributed by atoms with van der Waals surface area (Å²) in [7, 11) is 0. The molecule has 0 bridgehead atoms. The Morgan fingerprint density at radius 3 is 2.48 bits per heavy atom. The number of nitrogens with two attached hydrogens (primary N) is 1. The maximum absolute atomic E-state index is 13.7. The van der Waals surface area contributed by atoms with Crippen LogP contribution in [0.1, 0.15) is 35.3 Å². The van der Waals surface area contributed by atoms with E-state index < -0.39 is 17.7 Å². The van der Waals surface area contributed by atoms with Gasteiger partial charge < -0.3 is 21.1 Å². The molecule has 0 radical (unpaired) electrons. The van der Waals surface area contributed by atoms with E-state index in [0.29, 0.717) is 34.0 Å². The summed E-state index contributed by atoms with van der Waals surface area (Å²) < 4.78 is 27.2. The summed E-state index contributed by atoms with van der Waals surface area (Å²) in [5.74, 6) is 3.64. The molecule has 33 heavy (non-hydrogen) atoms. The SMILES string of the molecule is CCN(CC)CC(O)CNC(=O)c1ccc(C#Cc2c(N)ncc3cc(F)c(F)cc23)cc1. The van der Waals surface area contributed by atoms with Crippen LogP contribution >= 0.6 is 0 Å². The van der Waals surface area contributed by atoms with Crippen molar-refractivity contribution >= 4 is 22.5 Å². The monoisotopic (exact) mass is 452 g/mol. The van der Waals surface area contributed by atoms with E-state index in [1.54, 1.807) is 24.3 Å². The van der Waals surface area contributed by atoms with E-state index in [2.05, 4.69) is 27.0 Å². The number of benzene rings is 2. The van der Waals surface area contributed by atoms with Gasteiger partial charge in [0, 0.05) is 41.2 Å². The molecule has 8 heteroatoms. The molecule has 6 nitrogen and oxygen atoms in total. The van der Waals surface area contributed by atoms with E-state index in [0.717, 1.165) is 25.2 Å². The normalized spacial score (nSPS) is 11.8. The van der Waals surface area contributed by atoms with Crippen molar-refractivity contribution in [3.8, 4) is 11.8 Å². The van der Waals surface area contributed by atoms with Crippen LogP contribution in [0.3, 0.4) is 0 Å². The van der Waals surface area contributed by atoms with E-state index in [-0.39, 0.29) is 18.3 Å². The van der Waals surface area contributed by atoms with Crippen molar-refractivity contribution in [3.05, 3.63) is 70.9 Å². The van der Waals surface area contributed by atoms with Gasteiger partial charge in [0.15, 0.2) is 11.6 Å². The number of carbonyl (C=O) groups is 1. The maximum atomic E-state index is 13.7. The summed E-state index contributed by atoms with van der Waals surface area (Å²) in [6, 6.07) is 8.68. The maximum Gasteiger partial charge on any atom is 0.251 e. The Balaban J connectivity index is 1.71. The van der Waals surface area contributed by atoms with Gasteiger partial charge in [0.25, 0.3) is 5.91 Å². The number of nitrogens with zero attached hydrogens (tertiary/aromatic N) is 2. The van der Waals surface area contributed by atoms with Crippen molar-refractivity contribution in [3.63, 3.8) is 0 Å². The quantitative estimate of drug-likeness (QED) is 0.480. The van der Waals surface area contributed by atoms with E-state index in [4.69, 9.17) is 5.73 Å². The molecule has 0 spiro atoms. The summed E-state index contributed by atoms with van der Waals surface area (Å²) >= 11 is 0. The van der Waals surface area contributed by atoms with Crippen LogP contribution in [0.15, 0.2) is 42.6 Å². The first-order valence-corrected chi connectivity index (χ1v) is 10.7. The van der Waals surface area contributed by atoms with Crippen LogP contribution < -0.4 is 11.1 Å². The summed E-state index contributed by atoms with van der Waals surface area (Å²) in [5, 5.41) is 13.6. The molecular weight excluding hydrogens is 426 g/mol. The Morgan fingerprint density at radius 1 is 1.15 bits per heavy atom. The fourth-order valence-electron chi connectivity index (χ4n) is 3.36. The topological polar surface area (TPSA) is 91.5 Å². The number of likely N-dealkylation sites (N-methyl/N-ethyl adjacent to an activating group) is 1. The molecule has 1 unspecified atom stereocenters. The summed E-state index contributed by atoms with van der Waals surface area (Å²) in [6.07, 6.45) is 0.710. The smallest absolute Gasteiger partial charge is 0.251 e. The van der Waals surface area contributed by atoms with Gasteiger partial charge in [0.2, 0.25) is 0 Å². The zero-order valence-electron chi connectivity index (χ0n) is 18.5. The lowest BCUT2D eigenvalue weighted by Crippen LogP contribution is -2.40. The van der Waals surface area contributed by atoms with Gasteiger partial charge in [-0.1, -0.05) is 25.7 Å². The third-order valence-electron chi connectivity index (χ3n) is 5.30. The van der Waals surface area contributed by atoms with Crippen molar-refractivity contribution in [2.75, 3.05) is 31.9 Å². The molecule has 0 aliphatic heterocycles. The van der Waals surface area contributed by atoms with Gasteiger partial charge in [-0.15, -0.1) is 0 Å². The third kappa shape index (κ3) is 6.04. The highest BCUT2D eigenvalue weighted by molar-refractivity contribution is 5.94. The first-order valence-electron chi connectivity index (χ1n) is 10.7. The zero-order chi connectivity index (χ0) is 24.0. The Kier molecular flexibility index (Phi) is 7.93. The Hall–Kier alpha value is -3.54. The number of halogens is 2. The number of rotatable bonds is 7. The minimum Gasteiger partial charge on any atom is -0.390 e. The molecular formula is C25H26F2N4O2. The number of hydrogen-bond donors (Lipinski definition) is 3. The lowest BCUT2D eigenvalue weighted by atomic mass is 10.1. The van der Waals surface area contributed by atoms with Gasteiger partial charge in [-0.05, 0) is 49.5 Å². The molecule has 2 aromatic carbocycles. The van der Waals surface area contributed by atoms with Gasteiger partial charge >= 0.3 is 0 Å². The first kappa shape index (κ1) is 24.1. The van der Waals surface area contributed by atoms with Crippen LogP contribution in [-0.4, -0.2) is 53.2 Å².